The first kappa shape index (κ1) is 14.3. The van der Waals surface area contributed by atoms with Gasteiger partial charge in [-0.2, -0.15) is 4.31 Å². The fourth-order valence-electron chi connectivity index (χ4n) is 3.16. The van der Waals surface area contributed by atoms with E-state index in [0.29, 0.717) is 5.75 Å². The van der Waals surface area contributed by atoms with E-state index in [9.17, 15) is 8.42 Å². The standard InChI is InChI=1S/C13H26N2O2S/c1-2-13-8-4-6-10-15(13)18(16,17)11-12-7-3-5-9-14-12/h12-14H,2-11H2,1H3. The molecule has 0 saturated carbocycles. The lowest BCUT2D eigenvalue weighted by Crippen LogP contribution is -2.49. The number of hydrogen-bond acceptors (Lipinski definition) is 3. The van der Waals surface area contributed by atoms with Crippen LogP contribution in [0.4, 0.5) is 0 Å². The average Bonchev–Trinajstić information content (AvgIpc) is 2.39. The maximum absolute atomic E-state index is 12.5. The fourth-order valence-corrected chi connectivity index (χ4v) is 5.26. The topological polar surface area (TPSA) is 49.4 Å². The Bertz CT molecular complexity index is 350. The fraction of sp³-hybridized carbons (Fsp3) is 1.00. The van der Waals surface area contributed by atoms with Crippen molar-refractivity contribution >= 4 is 10.0 Å². The Morgan fingerprint density at radius 3 is 2.61 bits per heavy atom. The number of piperidine rings is 2. The van der Waals surface area contributed by atoms with Gasteiger partial charge in [0, 0.05) is 18.6 Å². The summed E-state index contributed by atoms with van der Waals surface area (Å²) in [5.41, 5.74) is 0. The normalized spacial score (nSPS) is 31.4. The van der Waals surface area contributed by atoms with E-state index in [4.69, 9.17) is 0 Å². The highest BCUT2D eigenvalue weighted by molar-refractivity contribution is 7.89. The summed E-state index contributed by atoms with van der Waals surface area (Å²) in [5.74, 6) is 0.295. The first-order valence-electron chi connectivity index (χ1n) is 7.36. The lowest BCUT2D eigenvalue weighted by atomic mass is 10.0. The number of nitrogens with zero attached hydrogens (tertiary/aromatic N) is 1. The monoisotopic (exact) mass is 274 g/mol. The minimum atomic E-state index is -3.07. The zero-order valence-corrected chi connectivity index (χ0v) is 12.2. The molecule has 0 aromatic carbocycles. The molecular weight excluding hydrogens is 248 g/mol. The van der Waals surface area contributed by atoms with Crippen molar-refractivity contribution in [3.8, 4) is 0 Å². The minimum absolute atomic E-state index is 0.170. The van der Waals surface area contributed by atoms with Crippen molar-refractivity contribution < 1.29 is 8.42 Å². The van der Waals surface area contributed by atoms with E-state index in [0.717, 1.165) is 45.2 Å². The van der Waals surface area contributed by atoms with E-state index in [1.54, 1.807) is 4.31 Å². The number of hydrogen-bond donors (Lipinski definition) is 1. The maximum Gasteiger partial charge on any atom is 0.215 e. The highest BCUT2D eigenvalue weighted by Gasteiger charge is 2.33. The van der Waals surface area contributed by atoms with E-state index in [1.165, 1.54) is 12.8 Å². The molecule has 2 aliphatic rings. The second kappa shape index (κ2) is 6.35. The predicted octanol–water partition coefficient (Wildman–Crippen LogP) is 1.72. The third kappa shape index (κ3) is 3.45. The molecule has 2 heterocycles. The van der Waals surface area contributed by atoms with Crippen molar-refractivity contribution in [2.24, 2.45) is 0 Å². The number of sulfonamides is 1. The highest BCUT2D eigenvalue weighted by atomic mass is 32.2. The van der Waals surface area contributed by atoms with Crippen molar-refractivity contribution in [3.63, 3.8) is 0 Å². The molecule has 0 amide bonds. The zero-order chi connectivity index (χ0) is 13.0. The van der Waals surface area contributed by atoms with E-state index < -0.39 is 10.0 Å². The maximum atomic E-state index is 12.5. The van der Waals surface area contributed by atoms with Gasteiger partial charge in [-0.3, -0.25) is 0 Å². The van der Waals surface area contributed by atoms with Gasteiger partial charge in [-0.1, -0.05) is 19.8 Å². The summed E-state index contributed by atoms with van der Waals surface area (Å²) in [7, 11) is -3.07. The average molecular weight is 274 g/mol. The van der Waals surface area contributed by atoms with Gasteiger partial charge in [0.25, 0.3) is 0 Å². The molecule has 2 fully saturated rings. The smallest absolute Gasteiger partial charge is 0.215 e. The van der Waals surface area contributed by atoms with Crippen LogP contribution >= 0.6 is 0 Å². The summed E-state index contributed by atoms with van der Waals surface area (Å²) in [6, 6.07) is 0.413. The summed E-state index contributed by atoms with van der Waals surface area (Å²) >= 11 is 0. The second-order valence-electron chi connectivity index (χ2n) is 5.59. The molecule has 18 heavy (non-hydrogen) atoms. The SMILES string of the molecule is CCC1CCCCN1S(=O)(=O)CC1CCCCN1. The van der Waals surface area contributed by atoms with E-state index in [2.05, 4.69) is 12.2 Å². The van der Waals surface area contributed by atoms with Crippen LogP contribution in [0.2, 0.25) is 0 Å². The Hall–Kier alpha value is -0.130. The molecule has 1 N–H and O–H groups in total. The molecule has 0 aromatic rings. The molecule has 2 rings (SSSR count). The molecule has 5 heteroatoms. The van der Waals surface area contributed by atoms with Crippen LogP contribution < -0.4 is 5.32 Å². The molecule has 2 aliphatic heterocycles. The van der Waals surface area contributed by atoms with Crippen molar-refractivity contribution in [2.75, 3.05) is 18.8 Å². The number of rotatable bonds is 4. The van der Waals surface area contributed by atoms with Gasteiger partial charge in [0.2, 0.25) is 10.0 Å². The van der Waals surface area contributed by atoms with Crippen molar-refractivity contribution in [1.29, 1.82) is 0 Å². The number of nitrogens with one attached hydrogen (secondary N) is 1. The highest BCUT2D eigenvalue weighted by Crippen LogP contribution is 2.24. The first-order chi connectivity index (χ1) is 8.63. The second-order valence-corrected chi connectivity index (χ2v) is 7.56. The molecular formula is C13H26N2O2S. The molecule has 0 radical (unpaired) electrons. The van der Waals surface area contributed by atoms with Gasteiger partial charge in [0.05, 0.1) is 5.75 Å². The predicted molar refractivity (Wildman–Crippen MR) is 74.1 cm³/mol. The van der Waals surface area contributed by atoms with Gasteiger partial charge in [-0.05, 0) is 38.6 Å². The summed E-state index contributed by atoms with van der Waals surface area (Å²) in [4.78, 5) is 0. The van der Waals surface area contributed by atoms with Crippen LogP contribution in [-0.2, 0) is 10.0 Å². The van der Waals surface area contributed by atoms with E-state index in [-0.39, 0.29) is 12.1 Å². The summed E-state index contributed by atoms with van der Waals surface area (Å²) in [6.07, 6.45) is 7.51. The third-order valence-corrected chi connectivity index (χ3v) is 6.24. The lowest BCUT2D eigenvalue weighted by molar-refractivity contribution is 0.245. The Morgan fingerprint density at radius 1 is 1.17 bits per heavy atom. The Balaban J connectivity index is 1.99. The molecule has 2 saturated heterocycles. The minimum Gasteiger partial charge on any atom is -0.313 e. The van der Waals surface area contributed by atoms with Crippen LogP contribution in [0.5, 0.6) is 0 Å². The van der Waals surface area contributed by atoms with Gasteiger partial charge in [0.1, 0.15) is 0 Å². The molecule has 0 bridgehead atoms. The van der Waals surface area contributed by atoms with Gasteiger partial charge in [0.15, 0.2) is 0 Å². The molecule has 2 unspecified atom stereocenters. The molecule has 106 valence electrons. The van der Waals surface area contributed by atoms with Crippen LogP contribution in [0, 0.1) is 0 Å². The molecule has 0 aliphatic carbocycles. The lowest BCUT2D eigenvalue weighted by Gasteiger charge is -2.35. The zero-order valence-electron chi connectivity index (χ0n) is 11.4. The van der Waals surface area contributed by atoms with Crippen molar-refractivity contribution in [1.82, 2.24) is 9.62 Å². The van der Waals surface area contributed by atoms with Crippen LogP contribution in [0.3, 0.4) is 0 Å². The molecule has 4 nitrogen and oxygen atoms in total. The van der Waals surface area contributed by atoms with E-state index >= 15 is 0 Å². The molecule has 0 spiro atoms. The Morgan fingerprint density at radius 2 is 1.94 bits per heavy atom. The molecule has 2 atom stereocenters. The third-order valence-electron chi connectivity index (χ3n) is 4.23. The van der Waals surface area contributed by atoms with Crippen molar-refractivity contribution in [2.45, 2.75) is 64.0 Å². The van der Waals surface area contributed by atoms with Gasteiger partial charge in [-0.15, -0.1) is 0 Å². The van der Waals surface area contributed by atoms with Crippen LogP contribution in [0.15, 0.2) is 0 Å². The van der Waals surface area contributed by atoms with E-state index in [1.807, 2.05) is 0 Å². The van der Waals surface area contributed by atoms with Crippen LogP contribution in [0.1, 0.15) is 51.9 Å². The largest absolute Gasteiger partial charge is 0.313 e. The van der Waals surface area contributed by atoms with Crippen LogP contribution in [0.25, 0.3) is 0 Å². The van der Waals surface area contributed by atoms with Crippen molar-refractivity contribution in [3.05, 3.63) is 0 Å². The van der Waals surface area contributed by atoms with Gasteiger partial charge < -0.3 is 5.32 Å². The first-order valence-corrected chi connectivity index (χ1v) is 8.97. The molecule has 0 aromatic heterocycles. The summed E-state index contributed by atoms with van der Waals surface area (Å²) in [5, 5.41) is 3.34. The Labute approximate surface area is 111 Å². The van der Waals surface area contributed by atoms with Gasteiger partial charge >= 0.3 is 0 Å². The Kier molecular flexibility index (Phi) is 5.04. The van der Waals surface area contributed by atoms with Gasteiger partial charge in [-0.25, -0.2) is 8.42 Å². The van der Waals surface area contributed by atoms with Crippen LogP contribution in [-0.4, -0.2) is 43.6 Å². The quantitative estimate of drug-likeness (QED) is 0.849. The summed E-state index contributed by atoms with van der Waals surface area (Å²) in [6.45, 7) is 3.79. The summed E-state index contributed by atoms with van der Waals surface area (Å²) < 4.78 is 26.8.